The Kier molecular flexibility index (Phi) is 8.45. The standard InChI is InChI=1S/C34H30N4O3/c1-23(32(39)37-28-16-14-26(15-17-28)25-8-3-2-4-9-25)36-34(41)31(22-24-18-20-35-21-19-24)38-33(40)30-13-7-11-27-10-5-6-12-29(27)30/h2-21,23,31H,22H2,1H3,(H,36,41)(H,37,39)(H,38,40)/t23-,31-/m0/s1. The van der Waals surface area contributed by atoms with Crippen molar-refractivity contribution >= 4 is 34.2 Å². The van der Waals surface area contributed by atoms with E-state index in [4.69, 9.17) is 0 Å². The van der Waals surface area contributed by atoms with E-state index in [9.17, 15) is 14.4 Å². The van der Waals surface area contributed by atoms with E-state index in [1.165, 1.54) is 0 Å². The van der Waals surface area contributed by atoms with Crippen molar-refractivity contribution in [1.82, 2.24) is 15.6 Å². The lowest BCUT2D eigenvalue weighted by Gasteiger charge is -2.22. The van der Waals surface area contributed by atoms with Crippen molar-refractivity contribution in [1.29, 1.82) is 0 Å². The summed E-state index contributed by atoms with van der Waals surface area (Å²) in [5.74, 6) is -1.20. The number of fused-ring (bicyclic) bond motifs is 1. The molecule has 0 radical (unpaired) electrons. The van der Waals surface area contributed by atoms with Crippen LogP contribution in [0.25, 0.3) is 21.9 Å². The van der Waals surface area contributed by atoms with Gasteiger partial charge in [-0.3, -0.25) is 19.4 Å². The van der Waals surface area contributed by atoms with E-state index in [0.29, 0.717) is 11.3 Å². The summed E-state index contributed by atoms with van der Waals surface area (Å²) in [6, 6.07) is 32.4. The molecule has 7 heteroatoms. The molecule has 0 aliphatic heterocycles. The van der Waals surface area contributed by atoms with Crippen LogP contribution in [0, 0.1) is 0 Å². The highest BCUT2D eigenvalue weighted by molar-refractivity contribution is 6.08. The Labute approximate surface area is 238 Å². The molecule has 0 spiro atoms. The molecule has 0 aliphatic rings. The molecule has 1 heterocycles. The fourth-order valence-electron chi connectivity index (χ4n) is 4.63. The summed E-state index contributed by atoms with van der Waals surface area (Å²) in [5.41, 5.74) is 4.03. The van der Waals surface area contributed by atoms with Crippen LogP contribution in [0.5, 0.6) is 0 Å². The molecule has 0 fully saturated rings. The van der Waals surface area contributed by atoms with E-state index in [1.54, 1.807) is 37.5 Å². The Bertz CT molecular complexity index is 1650. The summed E-state index contributed by atoms with van der Waals surface area (Å²) < 4.78 is 0. The predicted molar refractivity (Wildman–Crippen MR) is 161 cm³/mol. The number of hydrogen-bond acceptors (Lipinski definition) is 4. The molecule has 5 aromatic rings. The third-order valence-corrected chi connectivity index (χ3v) is 6.86. The highest BCUT2D eigenvalue weighted by atomic mass is 16.2. The maximum atomic E-state index is 13.4. The zero-order valence-electron chi connectivity index (χ0n) is 22.6. The molecule has 2 atom stereocenters. The number of carbonyl (C=O) groups is 3. The summed E-state index contributed by atoms with van der Waals surface area (Å²) in [4.78, 5) is 43.8. The molecule has 0 unspecified atom stereocenters. The first kappa shape index (κ1) is 27.3. The molecule has 0 bridgehead atoms. The first-order chi connectivity index (χ1) is 20.0. The minimum atomic E-state index is -0.913. The van der Waals surface area contributed by atoms with E-state index >= 15 is 0 Å². The fourth-order valence-corrected chi connectivity index (χ4v) is 4.63. The van der Waals surface area contributed by atoms with Gasteiger partial charge >= 0.3 is 0 Å². The maximum absolute atomic E-state index is 13.4. The highest BCUT2D eigenvalue weighted by Gasteiger charge is 2.26. The Morgan fingerprint density at radius 1 is 0.683 bits per heavy atom. The minimum Gasteiger partial charge on any atom is -0.343 e. The molecule has 3 amide bonds. The Morgan fingerprint density at radius 2 is 1.34 bits per heavy atom. The van der Waals surface area contributed by atoms with Crippen LogP contribution in [-0.4, -0.2) is 34.8 Å². The van der Waals surface area contributed by atoms with Crippen LogP contribution in [0.3, 0.4) is 0 Å². The van der Waals surface area contributed by atoms with Gasteiger partial charge in [0.15, 0.2) is 0 Å². The monoisotopic (exact) mass is 542 g/mol. The van der Waals surface area contributed by atoms with E-state index in [1.807, 2.05) is 91.0 Å². The number of benzene rings is 4. The number of rotatable bonds is 9. The van der Waals surface area contributed by atoms with Crippen molar-refractivity contribution in [2.45, 2.75) is 25.4 Å². The van der Waals surface area contributed by atoms with Crippen LogP contribution in [0.2, 0.25) is 0 Å². The van der Waals surface area contributed by atoms with Crippen LogP contribution in [0.4, 0.5) is 5.69 Å². The van der Waals surface area contributed by atoms with E-state index in [-0.39, 0.29) is 18.2 Å². The van der Waals surface area contributed by atoms with Gasteiger partial charge in [0, 0.05) is 30.1 Å². The number of nitrogens with one attached hydrogen (secondary N) is 3. The third kappa shape index (κ3) is 6.83. The second kappa shape index (κ2) is 12.7. The van der Waals surface area contributed by atoms with Crippen molar-refractivity contribution in [3.8, 4) is 11.1 Å². The summed E-state index contributed by atoms with van der Waals surface area (Å²) in [6.07, 6.45) is 3.51. The molecule has 0 saturated carbocycles. The van der Waals surface area contributed by atoms with Gasteiger partial charge in [-0.05, 0) is 64.7 Å². The largest absolute Gasteiger partial charge is 0.343 e. The first-order valence-corrected chi connectivity index (χ1v) is 13.4. The van der Waals surface area contributed by atoms with Gasteiger partial charge in [0.25, 0.3) is 5.91 Å². The lowest BCUT2D eigenvalue weighted by Crippen LogP contribution is -2.52. The van der Waals surface area contributed by atoms with Gasteiger partial charge < -0.3 is 16.0 Å². The average molecular weight is 543 g/mol. The molecule has 0 saturated heterocycles. The van der Waals surface area contributed by atoms with Crippen LogP contribution >= 0.6 is 0 Å². The summed E-state index contributed by atoms with van der Waals surface area (Å²) >= 11 is 0. The topological polar surface area (TPSA) is 100 Å². The number of hydrogen-bond donors (Lipinski definition) is 3. The first-order valence-electron chi connectivity index (χ1n) is 13.4. The molecule has 1 aromatic heterocycles. The van der Waals surface area contributed by atoms with E-state index in [0.717, 1.165) is 27.5 Å². The predicted octanol–water partition coefficient (Wildman–Crippen LogP) is 5.39. The summed E-state index contributed by atoms with van der Waals surface area (Å²) in [6.45, 7) is 1.61. The second-order valence-electron chi connectivity index (χ2n) is 9.78. The molecule has 5 rings (SSSR count). The van der Waals surface area contributed by atoms with Crippen LogP contribution in [-0.2, 0) is 16.0 Å². The lowest BCUT2D eigenvalue weighted by molar-refractivity contribution is -0.127. The van der Waals surface area contributed by atoms with Crippen molar-refractivity contribution < 1.29 is 14.4 Å². The molecule has 204 valence electrons. The van der Waals surface area contributed by atoms with Crippen molar-refractivity contribution in [2.24, 2.45) is 0 Å². The third-order valence-electron chi connectivity index (χ3n) is 6.86. The van der Waals surface area contributed by atoms with Crippen LogP contribution in [0.15, 0.2) is 122 Å². The highest BCUT2D eigenvalue weighted by Crippen LogP contribution is 2.21. The van der Waals surface area contributed by atoms with Crippen molar-refractivity contribution in [3.05, 3.63) is 133 Å². The number of nitrogens with zero attached hydrogens (tertiary/aromatic N) is 1. The molecule has 3 N–H and O–H groups in total. The van der Waals surface area contributed by atoms with Gasteiger partial charge in [-0.15, -0.1) is 0 Å². The molecule has 7 nitrogen and oxygen atoms in total. The summed E-state index contributed by atoms with van der Waals surface area (Å²) in [7, 11) is 0. The quantitative estimate of drug-likeness (QED) is 0.233. The Hall–Kier alpha value is -5.30. The maximum Gasteiger partial charge on any atom is 0.252 e. The SMILES string of the molecule is C[C@H](NC(=O)[C@H](Cc1ccncc1)NC(=O)c1cccc2ccccc12)C(=O)Nc1ccc(-c2ccccc2)cc1. The van der Waals surface area contributed by atoms with E-state index < -0.39 is 18.0 Å². The molecular weight excluding hydrogens is 512 g/mol. The van der Waals surface area contributed by atoms with Crippen molar-refractivity contribution in [2.75, 3.05) is 5.32 Å². The van der Waals surface area contributed by atoms with E-state index in [2.05, 4.69) is 20.9 Å². The molecule has 4 aromatic carbocycles. The summed E-state index contributed by atoms with van der Waals surface area (Å²) in [5, 5.41) is 10.2. The van der Waals surface area contributed by atoms with Gasteiger partial charge in [-0.2, -0.15) is 0 Å². The van der Waals surface area contributed by atoms with Crippen molar-refractivity contribution in [3.63, 3.8) is 0 Å². The smallest absolute Gasteiger partial charge is 0.252 e. The molecule has 41 heavy (non-hydrogen) atoms. The van der Waals surface area contributed by atoms with Crippen LogP contribution < -0.4 is 16.0 Å². The van der Waals surface area contributed by atoms with Crippen LogP contribution in [0.1, 0.15) is 22.8 Å². The average Bonchev–Trinajstić information content (AvgIpc) is 3.01. The van der Waals surface area contributed by atoms with Gasteiger partial charge in [0.2, 0.25) is 11.8 Å². The fraction of sp³-hybridized carbons (Fsp3) is 0.118. The number of pyridine rings is 1. The molecule has 0 aliphatic carbocycles. The van der Waals surface area contributed by atoms with Gasteiger partial charge in [0.1, 0.15) is 12.1 Å². The number of anilines is 1. The van der Waals surface area contributed by atoms with Gasteiger partial charge in [-0.25, -0.2) is 0 Å². The number of amides is 3. The van der Waals surface area contributed by atoms with Gasteiger partial charge in [-0.1, -0.05) is 78.9 Å². The second-order valence-corrected chi connectivity index (χ2v) is 9.78. The zero-order valence-corrected chi connectivity index (χ0v) is 22.6. The number of carbonyl (C=O) groups excluding carboxylic acids is 3. The normalized spacial score (nSPS) is 12.2. The Morgan fingerprint density at radius 3 is 2.10 bits per heavy atom. The number of aromatic nitrogens is 1. The zero-order chi connectivity index (χ0) is 28.6. The van der Waals surface area contributed by atoms with Gasteiger partial charge in [0.05, 0.1) is 0 Å². The lowest BCUT2D eigenvalue weighted by atomic mass is 10.0. The Balaban J connectivity index is 1.27. The molecular formula is C34H30N4O3. The minimum absolute atomic E-state index is 0.236.